The summed E-state index contributed by atoms with van der Waals surface area (Å²) in [5, 5.41) is 0. The van der Waals surface area contributed by atoms with Gasteiger partial charge in [-0.2, -0.15) is 4.39 Å². The summed E-state index contributed by atoms with van der Waals surface area (Å²) in [5.41, 5.74) is 4.17. The summed E-state index contributed by atoms with van der Waals surface area (Å²) < 4.78 is 35.5. The Balaban J connectivity index is 2.74. The molecule has 0 aliphatic rings. The first kappa shape index (κ1) is 13.4. The van der Waals surface area contributed by atoms with Crippen LogP contribution in [0, 0.1) is 11.6 Å². The van der Waals surface area contributed by atoms with E-state index in [1.807, 2.05) is 0 Å². The van der Waals surface area contributed by atoms with Crippen molar-refractivity contribution >= 4 is 5.97 Å². The maximum atomic E-state index is 13.2. The minimum atomic E-state index is -1.42. The third-order valence-electron chi connectivity index (χ3n) is 2.10. The van der Waals surface area contributed by atoms with Crippen LogP contribution in [0.5, 0.6) is 5.75 Å². The molecule has 0 aliphatic carbocycles. The van der Waals surface area contributed by atoms with E-state index in [0.29, 0.717) is 0 Å². The number of nitrogens with two attached hydrogens (primary N) is 1. The van der Waals surface area contributed by atoms with E-state index in [2.05, 4.69) is 4.74 Å². The van der Waals surface area contributed by atoms with Crippen LogP contribution >= 0.6 is 0 Å². The van der Waals surface area contributed by atoms with Gasteiger partial charge in [0.1, 0.15) is 12.1 Å². The highest BCUT2D eigenvalue weighted by atomic mass is 19.2. The first-order valence-corrected chi connectivity index (χ1v) is 4.82. The van der Waals surface area contributed by atoms with Crippen molar-refractivity contribution in [3.8, 4) is 5.75 Å². The summed E-state index contributed by atoms with van der Waals surface area (Å²) >= 11 is 0. The summed E-state index contributed by atoms with van der Waals surface area (Å²) in [6.07, 6.45) is 0. The van der Waals surface area contributed by atoms with Gasteiger partial charge in [0.05, 0.1) is 7.11 Å². The molecule has 94 valence electrons. The van der Waals surface area contributed by atoms with Crippen LogP contribution < -0.4 is 10.5 Å². The molecule has 17 heavy (non-hydrogen) atoms. The number of carbonyl (C=O) groups is 1. The molecule has 0 amide bonds. The monoisotopic (exact) mass is 245 g/mol. The molecule has 0 bridgehead atoms. The predicted molar refractivity (Wildman–Crippen MR) is 56.5 cm³/mol. The van der Waals surface area contributed by atoms with Crippen molar-refractivity contribution in [1.29, 1.82) is 0 Å². The zero-order chi connectivity index (χ0) is 13.1. The Morgan fingerprint density at radius 2 is 2.12 bits per heavy atom. The average molecular weight is 245 g/mol. The van der Waals surface area contributed by atoms with Gasteiger partial charge in [-0.05, 0) is 19.1 Å². The molecule has 1 aromatic rings. The van der Waals surface area contributed by atoms with Crippen molar-refractivity contribution in [3.05, 3.63) is 29.8 Å². The number of halogens is 2. The van der Waals surface area contributed by atoms with E-state index < -0.39 is 23.1 Å². The third-order valence-corrected chi connectivity index (χ3v) is 2.10. The second-order valence-corrected chi connectivity index (χ2v) is 3.75. The van der Waals surface area contributed by atoms with Gasteiger partial charge in [0.2, 0.25) is 5.82 Å². The lowest BCUT2D eigenvalue weighted by atomic mass is 10.1. The number of methoxy groups -OCH3 is 1. The second kappa shape index (κ2) is 5.09. The number of ether oxygens (including phenoxy) is 2. The molecule has 0 spiro atoms. The highest BCUT2D eigenvalue weighted by molar-refractivity contribution is 5.80. The number of carbonyl (C=O) groups excluding carboxylic acids is 1. The van der Waals surface area contributed by atoms with Gasteiger partial charge in [0.15, 0.2) is 11.6 Å². The standard InChI is InChI=1S/C11H13F2NO3/c1-11(14,10(15)16-2)6-17-8-5-3-4-7(12)9(8)13/h3-5H,6,14H2,1-2H3. The van der Waals surface area contributed by atoms with Crippen LogP contribution in [-0.4, -0.2) is 25.2 Å². The molecule has 0 saturated carbocycles. The third kappa shape index (κ3) is 3.13. The van der Waals surface area contributed by atoms with Gasteiger partial charge in [-0.1, -0.05) is 6.07 Å². The van der Waals surface area contributed by atoms with E-state index in [9.17, 15) is 13.6 Å². The van der Waals surface area contributed by atoms with E-state index in [0.717, 1.165) is 6.07 Å². The lowest BCUT2D eigenvalue weighted by molar-refractivity contribution is -0.147. The molecule has 0 radical (unpaired) electrons. The molecule has 1 atom stereocenters. The zero-order valence-corrected chi connectivity index (χ0v) is 9.50. The molecule has 0 aliphatic heterocycles. The number of hydrogen-bond donors (Lipinski definition) is 1. The van der Waals surface area contributed by atoms with Crippen LogP contribution in [0.4, 0.5) is 8.78 Å². The van der Waals surface area contributed by atoms with Crippen molar-refractivity contribution < 1.29 is 23.0 Å². The van der Waals surface area contributed by atoms with Crippen molar-refractivity contribution in [2.45, 2.75) is 12.5 Å². The zero-order valence-electron chi connectivity index (χ0n) is 9.50. The number of hydrogen-bond acceptors (Lipinski definition) is 4. The van der Waals surface area contributed by atoms with Crippen LogP contribution in [0.3, 0.4) is 0 Å². The smallest absolute Gasteiger partial charge is 0.329 e. The second-order valence-electron chi connectivity index (χ2n) is 3.75. The van der Waals surface area contributed by atoms with Crippen molar-refractivity contribution in [1.82, 2.24) is 0 Å². The van der Waals surface area contributed by atoms with Crippen molar-refractivity contribution in [3.63, 3.8) is 0 Å². The molecule has 0 aromatic heterocycles. The van der Waals surface area contributed by atoms with Gasteiger partial charge in [-0.25, -0.2) is 9.18 Å². The SMILES string of the molecule is COC(=O)C(C)(N)COc1cccc(F)c1F. The Morgan fingerprint density at radius 1 is 1.47 bits per heavy atom. The molecule has 1 rings (SSSR count). The average Bonchev–Trinajstić information content (AvgIpc) is 2.30. The fraction of sp³-hybridized carbons (Fsp3) is 0.364. The van der Waals surface area contributed by atoms with E-state index in [1.165, 1.54) is 26.2 Å². The van der Waals surface area contributed by atoms with Crippen molar-refractivity contribution in [2.75, 3.05) is 13.7 Å². The molecule has 2 N–H and O–H groups in total. The van der Waals surface area contributed by atoms with E-state index >= 15 is 0 Å². The van der Waals surface area contributed by atoms with Gasteiger partial charge >= 0.3 is 5.97 Å². The van der Waals surface area contributed by atoms with Crippen LogP contribution in [0.25, 0.3) is 0 Å². The largest absolute Gasteiger partial charge is 0.488 e. The normalized spacial score (nSPS) is 13.9. The molecule has 0 heterocycles. The van der Waals surface area contributed by atoms with Crippen LogP contribution in [-0.2, 0) is 9.53 Å². The van der Waals surface area contributed by atoms with Gasteiger partial charge in [0.25, 0.3) is 0 Å². The summed E-state index contributed by atoms with van der Waals surface area (Å²) in [7, 11) is 1.18. The lowest BCUT2D eigenvalue weighted by Gasteiger charge is -2.21. The number of rotatable bonds is 4. The Labute approximate surface area is 97.3 Å². The fourth-order valence-corrected chi connectivity index (χ4v) is 1.12. The Kier molecular flexibility index (Phi) is 4.01. The minimum absolute atomic E-state index is 0.300. The Bertz CT molecular complexity index is 421. The number of benzene rings is 1. The first-order chi connectivity index (χ1) is 7.88. The fourth-order valence-electron chi connectivity index (χ4n) is 1.12. The van der Waals surface area contributed by atoms with Crippen LogP contribution in [0.1, 0.15) is 6.92 Å². The highest BCUT2D eigenvalue weighted by Gasteiger charge is 2.31. The Morgan fingerprint density at radius 3 is 2.71 bits per heavy atom. The molecular weight excluding hydrogens is 232 g/mol. The van der Waals surface area contributed by atoms with E-state index in [-0.39, 0.29) is 12.4 Å². The molecule has 0 fully saturated rings. The molecular formula is C11H13F2NO3. The van der Waals surface area contributed by atoms with E-state index in [4.69, 9.17) is 10.5 Å². The van der Waals surface area contributed by atoms with Gasteiger partial charge in [-0.15, -0.1) is 0 Å². The Hall–Kier alpha value is -1.69. The summed E-state index contributed by atoms with van der Waals surface area (Å²) in [6, 6.07) is 3.50. The van der Waals surface area contributed by atoms with E-state index in [1.54, 1.807) is 0 Å². The molecule has 0 saturated heterocycles. The van der Waals surface area contributed by atoms with Crippen molar-refractivity contribution in [2.24, 2.45) is 5.73 Å². The summed E-state index contributed by atoms with van der Waals surface area (Å²) in [6.45, 7) is 1.05. The topological polar surface area (TPSA) is 61.5 Å². The van der Waals surface area contributed by atoms with Gasteiger partial charge in [-0.3, -0.25) is 0 Å². The molecule has 6 heteroatoms. The molecule has 4 nitrogen and oxygen atoms in total. The maximum Gasteiger partial charge on any atom is 0.329 e. The first-order valence-electron chi connectivity index (χ1n) is 4.82. The van der Waals surface area contributed by atoms with Crippen LogP contribution in [0.2, 0.25) is 0 Å². The maximum absolute atomic E-state index is 13.2. The minimum Gasteiger partial charge on any atom is -0.488 e. The quantitative estimate of drug-likeness (QED) is 0.810. The van der Waals surface area contributed by atoms with Crippen LogP contribution in [0.15, 0.2) is 18.2 Å². The van der Waals surface area contributed by atoms with Gasteiger partial charge in [0, 0.05) is 0 Å². The highest BCUT2D eigenvalue weighted by Crippen LogP contribution is 2.20. The number of esters is 1. The molecule has 1 unspecified atom stereocenters. The predicted octanol–water partition coefficient (Wildman–Crippen LogP) is 1.23. The molecule has 1 aromatic carbocycles. The lowest BCUT2D eigenvalue weighted by Crippen LogP contribution is -2.50. The van der Waals surface area contributed by atoms with Gasteiger partial charge < -0.3 is 15.2 Å². The summed E-state index contributed by atoms with van der Waals surface area (Å²) in [5.74, 6) is -3.15. The summed E-state index contributed by atoms with van der Waals surface area (Å²) in [4.78, 5) is 11.2.